The summed E-state index contributed by atoms with van der Waals surface area (Å²) in [4.78, 5) is 10.00. The van der Waals surface area contributed by atoms with Gasteiger partial charge in [0, 0.05) is 6.42 Å². The summed E-state index contributed by atoms with van der Waals surface area (Å²) < 4.78 is 0. The molecule has 0 aliphatic carbocycles. The molecule has 0 heterocycles. The Hall–Kier alpha value is -1.79. The molecule has 1 rings (SSSR count). The number of terminal acetylenes is 1. The third-order valence-corrected chi connectivity index (χ3v) is 1.26. The van der Waals surface area contributed by atoms with Crippen molar-refractivity contribution in [2.45, 2.75) is 6.42 Å². The molecule has 0 unspecified atom stereocenters. The van der Waals surface area contributed by atoms with Crippen LogP contribution in [0.2, 0.25) is 0 Å². The van der Waals surface area contributed by atoms with Crippen LogP contribution in [0.25, 0.3) is 0 Å². The lowest BCUT2D eigenvalue weighted by molar-refractivity contribution is -0.107. The van der Waals surface area contributed by atoms with E-state index in [2.05, 4.69) is 18.6 Å². The van der Waals surface area contributed by atoms with Crippen molar-refractivity contribution in [2.24, 2.45) is 5.73 Å². The van der Waals surface area contributed by atoms with Gasteiger partial charge in [-0.25, -0.2) is 0 Å². The normalized spacial score (nSPS) is 7.14. The van der Waals surface area contributed by atoms with E-state index in [9.17, 15) is 4.79 Å². The van der Waals surface area contributed by atoms with Crippen molar-refractivity contribution in [1.82, 2.24) is 0 Å². The van der Waals surface area contributed by atoms with Crippen molar-refractivity contribution in [3.63, 3.8) is 0 Å². The monoisotopic (exact) mass is 193 g/mol. The van der Waals surface area contributed by atoms with Crippen LogP contribution < -0.4 is 5.73 Å². The largest absolute Gasteiger partial charge is 0.508 e. The van der Waals surface area contributed by atoms with Crippen LogP contribution in [0.3, 0.4) is 0 Å². The molecule has 76 valence electrons. The highest BCUT2D eigenvalue weighted by molar-refractivity contribution is 5.55. The van der Waals surface area contributed by atoms with E-state index >= 15 is 0 Å². The van der Waals surface area contributed by atoms with Gasteiger partial charge in [-0.05, 0) is 24.7 Å². The van der Waals surface area contributed by atoms with Crippen molar-refractivity contribution >= 4 is 6.29 Å². The molecule has 0 aliphatic rings. The summed E-state index contributed by atoms with van der Waals surface area (Å²) in [7, 11) is 1.50. The van der Waals surface area contributed by atoms with Crippen LogP contribution in [0.15, 0.2) is 24.3 Å². The fourth-order valence-electron chi connectivity index (χ4n) is 0.728. The molecule has 0 amide bonds. The molecule has 1 aromatic carbocycles. The Kier molecular flexibility index (Phi) is 11.8. The molecule has 0 bridgehead atoms. The molecular weight excluding hydrogens is 178 g/mol. The first-order valence-electron chi connectivity index (χ1n) is 3.95. The molecule has 0 saturated carbocycles. The van der Waals surface area contributed by atoms with Crippen LogP contribution >= 0.6 is 0 Å². The van der Waals surface area contributed by atoms with Crippen LogP contribution in [0.1, 0.15) is 5.56 Å². The first kappa shape index (κ1) is 14.7. The molecule has 0 aliphatic heterocycles. The second-order valence-corrected chi connectivity index (χ2v) is 2.04. The predicted molar refractivity (Wildman–Crippen MR) is 57.9 cm³/mol. The summed E-state index contributed by atoms with van der Waals surface area (Å²) in [6.07, 6.45) is 9.26. The number of aldehydes is 1. The fourth-order valence-corrected chi connectivity index (χ4v) is 0.728. The molecule has 3 heteroatoms. The smallest absolute Gasteiger partial charge is 0.124 e. The van der Waals surface area contributed by atoms with E-state index in [1.54, 1.807) is 24.3 Å². The maximum atomic E-state index is 10.00. The van der Waals surface area contributed by atoms with Crippen molar-refractivity contribution in [1.29, 1.82) is 0 Å². The van der Waals surface area contributed by atoms with Crippen molar-refractivity contribution < 1.29 is 9.90 Å². The average Bonchev–Trinajstić information content (AvgIpc) is 2.28. The summed E-state index contributed by atoms with van der Waals surface area (Å²) >= 11 is 0. The van der Waals surface area contributed by atoms with E-state index in [1.807, 2.05) is 0 Å². The molecule has 0 atom stereocenters. The maximum absolute atomic E-state index is 10.00. The van der Waals surface area contributed by atoms with Gasteiger partial charge in [0.15, 0.2) is 0 Å². The van der Waals surface area contributed by atoms with Gasteiger partial charge in [-0.2, -0.15) is 0 Å². The Bertz CT molecular complexity index is 252. The zero-order chi connectivity index (χ0) is 11.4. The Morgan fingerprint density at radius 3 is 2.07 bits per heavy atom. The number of nitrogens with two attached hydrogens (primary N) is 1. The van der Waals surface area contributed by atoms with E-state index in [1.165, 1.54) is 7.05 Å². The molecule has 14 heavy (non-hydrogen) atoms. The Balaban J connectivity index is 0. The number of benzene rings is 1. The molecule has 0 spiro atoms. The van der Waals surface area contributed by atoms with E-state index in [-0.39, 0.29) is 5.75 Å². The molecule has 3 N–H and O–H groups in total. The zero-order valence-electron chi connectivity index (χ0n) is 8.18. The number of phenolic OH excluding ortho intramolecular Hbond substituents is 1. The topological polar surface area (TPSA) is 63.3 Å². The molecule has 0 saturated heterocycles. The SMILES string of the molecule is C#C.CN.O=CCc1ccc(O)cc1. The van der Waals surface area contributed by atoms with E-state index in [0.717, 1.165) is 11.8 Å². The highest BCUT2D eigenvalue weighted by Crippen LogP contribution is 2.08. The maximum Gasteiger partial charge on any atom is 0.124 e. The second-order valence-electron chi connectivity index (χ2n) is 2.04. The minimum atomic E-state index is 0.231. The summed E-state index contributed by atoms with van der Waals surface area (Å²) in [5.41, 5.74) is 5.42. The number of phenols is 1. The molecule has 0 radical (unpaired) electrons. The number of carbonyl (C=O) groups excluding carboxylic acids is 1. The van der Waals surface area contributed by atoms with Gasteiger partial charge in [0.2, 0.25) is 0 Å². The predicted octanol–water partition coefficient (Wildman–Crippen LogP) is 0.958. The average molecular weight is 193 g/mol. The highest BCUT2D eigenvalue weighted by Gasteiger charge is 1.89. The van der Waals surface area contributed by atoms with Gasteiger partial charge in [-0.15, -0.1) is 12.8 Å². The Morgan fingerprint density at radius 2 is 1.71 bits per heavy atom. The first-order valence-corrected chi connectivity index (χ1v) is 3.95. The molecular formula is C11H15NO2. The number of hydrogen-bond donors (Lipinski definition) is 2. The molecule has 0 fully saturated rings. The van der Waals surface area contributed by atoms with E-state index in [4.69, 9.17) is 5.11 Å². The van der Waals surface area contributed by atoms with Crippen LogP contribution in [0, 0.1) is 12.8 Å². The number of rotatable bonds is 2. The number of aromatic hydroxyl groups is 1. The quantitative estimate of drug-likeness (QED) is 0.543. The third kappa shape index (κ3) is 6.89. The standard InChI is InChI=1S/C8H8O2.C2H2.CH5N/c9-6-5-7-1-3-8(10)4-2-7;2*1-2/h1-4,6,10H,5H2;1-2H;2H2,1H3. The van der Waals surface area contributed by atoms with Crippen LogP contribution in [-0.4, -0.2) is 18.4 Å². The Morgan fingerprint density at radius 1 is 1.29 bits per heavy atom. The lowest BCUT2D eigenvalue weighted by Gasteiger charge is -1.93. The summed E-state index contributed by atoms with van der Waals surface area (Å²) in [5, 5.41) is 8.84. The lowest BCUT2D eigenvalue weighted by Crippen LogP contribution is -1.82. The van der Waals surface area contributed by atoms with Gasteiger partial charge in [-0.3, -0.25) is 0 Å². The van der Waals surface area contributed by atoms with Crippen molar-refractivity contribution in [2.75, 3.05) is 7.05 Å². The number of hydrogen-bond acceptors (Lipinski definition) is 3. The summed E-state index contributed by atoms with van der Waals surface area (Å²) in [6.45, 7) is 0. The van der Waals surface area contributed by atoms with Crippen LogP contribution in [0.5, 0.6) is 5.75 Å². The van der Waals surface area contributed by atoms with E-state index in [0.29, 0.717) is 6.42 Å². The van der Waals surface area contributed by atoms with Gasteiger partial charge >= 0.3 is 0 Å². The third-order valence-electron chi connectivity index (χ3n) is 1.26. The van der Waals surface area contributed by atoms with Crippen molar-refractivity contribution in [3.8, 4) is 18.6 Å². The van der Waals surface area contributed by atoms with E-state index < -0.39 is 0 Å². The Labute approximate surface area is 84.6 Å². The fraction of sp³-hybridized carbons (Fsp3) is 0.182. The molecule has 1 aromatic rings. The first-order chi connectivity index (χ1) is 6.83. The van der Waals surface area contributed by atoms with Gasteiger partial charge in [0.05, 0.1) is 0 Å². The summed E-state index contributed by atoms with van der Waals surface area (Å²) in [6, 6.07) is 6.59. The van der Waals surface area contributed by atoms with Gasteiger partial charge in [-0.1, -0.05) is 12.1 Å². The zero-order valence-corrected chi connectivity index (χ0v) is 8.18. The minimum absolute atomic E-state index is 0.231. The van der Waals surface area contributed by atoms with Gasteiger partial charge in [0.25, 0.3) is 0 Å². The minimum Gasteiger partial charge on any atom is -0.508 e. The number of carbonyl (C=O) groups is 1. The van der Waals surface area contributed by atoms with Crippen LogP contribution in [-0.2, 0) is 11.2 Å². The highest BCUT2D eigenvalue weighted by atomic mass is 16.3. The molecule has 3 nitrogen and oxygen atoms in total. The molecule has 0 aromatic heterocycles. The van der Waals surface area contributed by atoms with Crippen LogP contribution in [0.4, 0.5) is 0 Å². The van der Waals surface area contributed by atoms with Gasteiger partial charge < -0.3 is 15.6 Å². The lowest BCUT2D eigenvalue weighted by atomic mass is 10.2. The second kappa shape index (κ2) is 11.2. The van der Waals surface area contributed by atoms with Crippen molar-refractivity contribution in [3.05, 3.63) is 29.8 Å². The summed E-state index contributed by atoms with van der Waals surface area (Å²) in [5.74, 6) is 0.231. The van der Waals surface area contributed by atoms with Gasteiger partial charge in [0.1, 0.15) is 12.0 Å².